The molecule has 55 heavy (non-hydrogen) atoms. The Hall–Kier alpha value is -3.61. The summed E-state index contributed by atoms with van der Waals surface area (Å²) in [7, 11) is 0. The Morgan fingerprint density at radius 3 is 1.67 bits per heavy atom. The van der Waals surface area contributed by atoms with Crippen LogP contribution >= 0.6 is 11.8 Å². The highest BCUT2D eigenvalue weighted by molar-refractivity contribution is 7.99. The van der Waals surface area contributed by atoms with E-state index in [1.54, 1.807) is 0 Å². The van der Waals surface area contributed by atoms with Crippen LogP contribution in [-0.2, 0) is 33.4 Å². The molecule has 1 aromatic rings. The van der Waals surface area contributed by atoms with Gasteiger partial charge in [-0.15, -0.1) is 0 Å². The molecule has 2 atom stereocenters. The van der Waals surface area contributed by atoms with Gasteiger partial charge in [-0.05, 0) is 43.5 Å². The maximum atomic E-state index is 12.7. The van der Waals surface area contributed by atoms with E-state index in [0.29, 0.717) is 30.0 Å². The lowest BCUT2D eigenvalue weighted by Crippen LogP contribution is -2.41. The number of esters is 2. The number of aliphatic carboxylic acids is 2. The van der Waals surface area contributed by atoms with E-state index >= 15 is 0 Å². The first-order chi connectivity index (χ1) is 26.5. The predicted octanol–water partition coefficient (Wildman–Crippen LogP) is 9.09. The van der Waals surface area contributed by atoms with Crippen LogP contribution in [0.4, 0.5) is 5.69 Å². The zero-order valence-electron chi connectivity index (χ0n) is 33.4. The predicted molar refractivity (Wildman–Crippen MR) is 217 cm³/mol. The zero-order chi connectivity index (χ0) is 40.5. The Balaban J connectivity index is 2.52. The van der Waals surface area contributed by atoms with Gasteiger partial charge in [0.2, 0.25) is 5.91 Å². The Labute approximate surface area is 333 Å². The van der Waals surface area contributed by atoms with E-state index in [1.165, 1.54) is 113 Å². The first-order valence-corrected chi connectivity index (χ1v) is 21.8. The number of amides is 2. The highest BCUT2D eigenvalue weighted by Gasteiger charge is 2.22. The van der Waals surface area contributed by atoms with Gasteiger partial charge in [-0.25, -0.2) is 4.79 Å². The number of hydrogen-bond donors (Lipinski definition) is 4. The number of unbranched alkanes of at least 4 members (excludes halogenated alkanes) is 16. The first kappa shape index (κ1) is 49.4. The van der Waals surface area contributed by atoms with E-state index in [2.05, 4.69) is 24.5 Å². The molecule has 0 heterocycles. The molecule has 0 aliphatic rings. The van der Waals surface area contributed by atoms with Crippen LogP contribution in [0.3, 0.4) is 0 Å². The molecular formula is C42H68N2O10S. The fourth-order valence-corrected chi connectivity index (χ4v) is 6.78. The van der Waals surface area contributed by atoms with Crippen molar-refractivity contribution in [2.75, 3.05) is 23.4 Å². The van der Waals surface area contributed by atoms with E-state index in [4.69, 9.17) is 14.6 Å². The molecular weight excluding hydrogens is 725 g/mol. The highest BCUT2D eigenvalue weighted by Crippen LogP contribution is 2.16. The maximum Gasteiger partial charge on any atom is 0.326 e. The van der Waals surface area contributed by atoms with Crippen molar-refractivity contribution in [1.82, 2.24) is 5.32 Å². The van der Waals surface area contributed by atoms with Crippen molar-refractivity contribution >= 4 is 53.1 Å². The molecule has 0 radical (unpaired) electrons. The van der Waals surface area contributed by atoms with Crippen LogP contribution in [0.2, 0.25) is 0 Å². The molecule has 2 amide bonds. The van der Waals surface area contributed by atoms with E-state index in [1.807, 2.05) is 0 Å². The van der Waals surface area contributed by atoms with Gasteiger partial charge in [0.25, 0.3) is 5.91 Å². The van der Waals surface area contributed by atoms with Crippen LogP contribution in [0.1, 0.15) is 172 Å². The molecule has 0 fully saturated rings. The van der Waals surface area contributed by atoms with Gasteiger partial charge in [0.15, 0.2) is 0 Å². The molecule has 0 aliphatic carbocycles. The van der Waals surface area contributed by atoms with Crippen molar-refractivity contribution in [1.29, 1.82) is 0 Å². The number of carbonyl (C=O) groups excluding carboxylic acids is 4. The summed E-state index contributed by atoms with van der Waals surface area (Å²) in [6.07, 6.45) is 20.2. The van der Waals surface area contributed by atoms with Gasteiger partial charge >= 0.3 is 23.9 Å². The van der Waals surface area contributed by atoms with Gasteiger partial charge in [0.05, 0.1) is 0 Å². The highest BCUT2D eigenvalue weighted by atomic mass is 32.2. The molecule has 2 unspecified atom stereocenters. The third-order valence-electron chi connectivity index (χ3n) is 9.16. The van der Waals surface area contributed by atoms with Gasteiger partial charge in [0, 0.05) is 48.4 Å². The number of ether oxygens (including phenoxy) is 2. The summed E-state index contributed by atoms with van der Waals surface area (Å²) >= 11 is 1.42. The molecule has 0 saturated carbocycles. The quantitative estimate of drug-likeness (QED) is 0.0380. The van der Waals surface area contributed by atoms with Crippen molar-refractivity contribution in [3.05, 3.63) is 29.8 Å². The van der Waals surface area contributed by atoms with Gasteiger partial charge < -0.3 is 30.3 Å². The Morgan fingerprint density at radius 2 is 1.16 bits per heavy atom. The SMILES string of the molecule is CCCCCCCCCCCC(=O)OCC(CSCCC(=O)Nc1ccc(C(=O)NC(CCC(=O)O)C(=O)O)cc1)OC(=O)CCCCCCCCCCC. The minimum atomic E-state index is -1.35. The molecule has 1 rings (SSSR count). The lowest BCUT2D eigenvalue weighted by molar-refractivity contribution is -0.157. The normalized spacial score (nSPS) is 12.0. The van der Waals surface area contributed by atoms with Crippen LogP contribution < -0.4 is 10.6 Å². The van der Waals surface area contributed by atoms with Crippen LogP contribution in [0.15, 0.2) is 24.3 Å². The third-order valence-corrected chi connectivity index (χ3v) is 10.3. The van der Waals surface area contributed by atoms with Crippen molar-refractivity contribution in [2.45, 2.75) is 174 Å². The van der Waals surface area contributed by atoms with E-state index in [0.717, 1.165) is 38.5 Å². The summed E-state index contributed by atoms with van der Waals surface area (Å²) in [5.74, 6) is -3.25. The number of hydrogen-bond acceptors (Lipinski definition) is 9. The lowest BCUT2D eigenvalue weighted by Gasteiger charge is -2.18. The zero-order valence-corrected chi connectivity index (χ0v) is 34.2. The minimum absolute atomic E-state index is 0.0222. The van der Waals surface area contributed by atoms with Crippen LogP contribution in [0.5, 0.6) is 0 Å². The molecule has 0 saturated heterocycles. The topological polar surface area (TPSA) is 185 Å². The van der Waals surface area contributed by atoms with Crippen molar-refractivity contribution in [2.24, 2.45) is 0 Å². The number of carboxylic acid groups (broad SMARTS) is 2. The first-order valence-electron chi connectivity index (χ1n) is 20.6. The summed E-state index contributed by atoms with van der Waals surface area (Å²) in [5, 5.41) is 23.2. The molecule has 0 bridgehead atoms. The van der Waals surface area contributed by atoms with Crippen molar-refractivity contribution in [3.63, 3.8) is 0 Å². The van der Waals surface area contributed by atoms with Gasteiger partial charge in [-0.3, -0.25) is 24.0 Å². The number of thioether (sulfide) groups is 1. The monoisotopic (exact) mass is 792 g/mol. The molecule has 13 heteroatoms. The summed E-state index contributed by atoms with van der Waals surface area (Å²) in [5.41, 5.74) is 0.594. The fraction of sp³-hybridized carbons (Fsp3) is 0.714. The third kappa shape index (κ3) is 27.6. The van der Waals surface area contributed by atoms with Gasteiger partial charge in [0.1, 0.15) is 18.8 Å². The van der Waals surface area contributed by atoms with Gasteiger partial charge in [-0.1, -0.05) is 117 Å². The summed E-state index contributed by atoms with van der Waals surface area (Å²) in [4.78, 5) is 72.5. The Bertz CT molecular complexity index is 1240. The number of anilines is 1. The van der Waals surface area contributed by atoms with Crippen LogP contribution in [-0.4, -0.2) is 76.2 Å². The summed E-state index contributed by atoms with van der Waals surface area (Å²) < 4.78 is 11.3. The average Bonchev–Trinajstić information content (AvgIpc) is 3.15. The second-order valence-corrected chi connectivity index (χ2v) is 15.3. The molecule has 4 N–H and O–H groups in total. The smallest absolute Gasteiger partial charge is 0.326 e. The summed E-state index contributed by atoms with van der Waals surface area (Å²) in [6.45, 7) is 4.40. The van der Waals surface area contributed by atoms with Crippen LogP contribution in [0, 0.1) is 0 Å². The molecule has 0 aliphatic heterocycles. The second-order valence-electron chi connectivity index (χ2n) is 14.2. The number of carbonyl (C=O) groups is 6. The van der Waals surface area contributed by atoms with Crippen molar-refractivity contribution < 1.29 is 48.5 Å². The minimum Gasteiger partial charge on any atom is -0.481 e. The van der Waals surface area contributed by atoms with E-state index in [-0.39, 0.29) is 42.9 Å². The standard InChI is InChI=1S/C42H68N2O10S/c1-3-5-7-9-11-13-15-17-19-21-39(48)53-31-35(54-40(49)22-20-18-16-14-12-10-8-6-4-2)32-55-30-29-37(45)43-34-25-23-33(24-26-34)41(50)44-36(42(51)52)27-28-38(46)47/h23-26,35-36H,3-22,27-32H2,1-2H3,(H,43,45)(H,44,50)(H,46,47)(H,51,52). The lowest BCUT2D eigenvalue weighted by atomic mass is 10.1. The van der Waals surface area contributed by atoms with Crippen LogP contribution in [0.25, 0.3) is 0 Å². The average molecular weight is 793 g/mol. The molecule has 312 valence electrons. The summed E-state index contributed by atoms with van der Waals surface area (Å²) in [6, 6.07) is 4.54. The second kappa shape index (κ2) is 32.6. The molecule has 12 nitrogen and oxygen atoms in total. The van der Waals surface area contributed by atoms with E-state index in [9.17, 15) is 33.9 Å². The number of rotatable bonds is 35. The maximum absolute atomic E-state index is 12.7. The largest absolute Gasteiger partial charge is 0.481 e. The number of carboxylic acids is 2. The molecule has 0 spiro atoms. The number of benzene rings is 1. The van der Waals surface area contributed by atoms with E-state index < -0.39 is 36.4 Å². The Morgan fingerprint density at radius 1 is 0.655 bits per heavy atom. The van der Waals surface area contributed by atoms with Gasteiger partial charge in [-0.2, -0.15) is 11.8 Å². The molecule has 1 aromatic carbocycles. The fourth-order valence-electron chi connectivity index (χ4n) is 5.85. The van der Waals surface area contributed by atoms with Crippen molar-refractivity contribution in [3.8, 4) is 0 Å². The molecule has 0 aromatic heterocycles. The Kier molecular flexibility index (Phi) is 29.3. The number of nitrogens with one attached hydrogen (secondary N) is 2.